The Morgan fingerprint density at radius 1 is 1.27 bits per heavy atom. The molecule has 1 amide bonds. The second-order valence-electron chi connectivity index (χ2n) is 4.82. The molecule has 0 aliphatic carbocycles. The van der Waals surface area contributed by atoms with Gasteiger partial charge < -0.3 is 5.32 Å². The van der Waals surface area contributed by atoms with Gasteiger partial charge in [-0.1, -0.05) is 23.7 Å². The topological polar surface area (TPSA) is 63.5 Å². The molecule has 0 radical (unpaired) electrons. The molecule has 2 aromatic heterocycles. The average Bonchev–Trinajstić information content (AvgIpc) is 2.51. The van der Waals surface area contributed by atoms with Gasteiger partial charge in [0.1, 0.15) is 11.2 Å². The van der Waals surface area contributed by atoms with Gasteiger partial charge in [0.15, 0.2) is 0 Å². The second kappa shape index (κ2) is 5.61. The molecule has 0 saturated carbocycles. The van der Waals surface area contributed by atoms with E-state index in [4.69, 9.17) is 11.6 Å². The summed E-state index contributed by atoms with van der Waals surface area (Å²) in [4.78, 5) is 28.8. The first kappa shape index (κ1) is 14.3. The van der Waals surface area contributed by atoms with Crippen LogP contribution in [0.15, 0.2) is 53.6 Å². The molecule has 0 bridgehead atoms. The first-order valence-electron chi connectivity index (χ1n) is 6.60. The molecule has 0 atom stereocenters. The predicted molar refractivity (Wildman–Crippen MR) is 85.6 cm³/mol. The fourth-order valence-corrected chi connectivity index (χ4v) is 2.27. The minimum absolute atomic E-state index is 0.0249. The molecule has 0 saturated heterocycles. The van der Waals surface area contributed by atoms with Crippen molar-refractivity contribution in [3.63, 3.8) is 0 Å². The molecular formula is C16H12ClN3O2. The van der Waals surface area contributed by atoms with Crippen molar-refractivity contribution in [1.29, 1.82) is 0 Å². The van der Waals surface area contributed by atoms with Gasteiger partial charge in [0, 0.05) is 23.1 Å². The molecule has 5 nitrogen and oxygen atoms in total. The van der Waals surface area contributed by atoms with Gasteiger partial charge in [-0.2, -0.15) is 0 Å². The van der Waals surface area contributed by atoms with Gasteiger partial charge in [-0.3, -0.25) is 14.0 Å². The standard InChI is InChI=1S/C16H12ClN3O2/c1-10-5-6-11(17)8-13(10)19-15(21)12-9-18-14-4-2-3-7-20(14)16(12)22/h2-9H,1H3,(H,19,21). The third kappa shape index (κ3) is 2.58. The minimum atomic E-state index is -0.513. The smallest absolute Gasteiger partial charge is 0.270 e. The lowest BCUT2D eigenvalue weighted by Crippen LogP contribution is -2.26. The molecule has 0 unspecified atom stereocenters. The number of pyridine rings is 1. The summed E-state index contributed by atoms with van der Waals surface area (Å²) in [6.07, 6.45) is 2.86. The largest absolute Gasteiger partial charge is 0.321 e. The van der Waals surface area contributed by atoms with Gasteiger partial charge in [0.2, 0.25) is 0 Å². The molecule has 1 N–H and O–H groups in total. The molecule has 0 spiro atoms. The number of aromatic nitrogens is 2. The lowest BCUT2D eigenvalue weighted by atomic mass is 10.2. The highest BCUT2D eigenvalue weighted by Gasteiger charge is 2.14. The number of benzene rings is 1. The molecule has 0 aliphatic heterocycles. The van der Waals surface area contributed by atoms with Crippen LogP contribution in [0, 0.1) is 6.92 Å². The molecule has 22 heavy (non-hydrogen) atoms. The lowest BCUT2D eigenvalue weighted by Gasteiger charge is -2.09. The summed E-state index contributed by atoms with van der Waals surface area (Å²) < 4.78 is 1.33. The number of hydrogen-bond acceptors (Lipinski definition) is 3. The van der Waals surface area contributed by atoms with Crippen LogP contribution in [0.5, 0.6) is 0 Å². The number of carbonyl (C=O) groups is 1. The molecule has 110 valence electrons. The molecule has 6 heteroatoms. The zero-order valence-electron chi connectivity index (χ0n) is 11.7. The monoisotopic (exact) mass is 313 g/mol. The van der Waals surface area contributed by atoms with E-state index in [-0.39, 0.29) is 5.56 Å². The maximum atomic E-state index is 12.3. The predicted octanol–water partition coefficient (Wildman–Crippen LogP) is 2.91. The molecule has 2 heterocycles. The fourth-order valence-electron chi connectivity index (χ4n) is 2.10. The number of carbonyl (C=O) groups excluding carboxylic acids is 1. The van der Waals surface area contributed by atoms with Crippen LogP contribution in [-0.2, 0) is 0 Å². The molecular weight excluding hydrogens is 302 g/mol. The Morgan fingerprint density at radius 3 is 2.91 bits per heavy atom. The van der Waals surface area contributed by atoms with E-state index in [1.807, 2.05) is 6.92 Å². The molecule has 0 aliphatic rings. The van der Waals surface area contributed by atoms with E-state index < -0.39 is 11.5 Å². The van der Waals surface area contributed by atoms with Crippen molar-refractivity contribution in [3.05, 3.63) is 75.3 Å². The van der Waals surface area contributed by atoms with Crippen LogP contribution in [0.3, 0.4) is 0 Å². The van der Waals surface area contributed by atoms with Gasteiger partial charge in [0.25, 0.3) is 11.5 Å². The maximum absolute atomic E-state index is 12.3. The zero-order valence-corrected chi connectivity index (χ0v) is 12.5. The van der Waals surface area contributed by atoms with Crippen LogP contribution in [0.2, 0.25) is 5.02 Å². The van der Waals surface area contributed by atoms with E-state index >= 15 is 0 Å². The number of fused-ring (bicyclic) bond motifs is 1. The van der Waals surface area contributed by atoms with Gasteiger partial charge in [-0.05, 0) is 36.8 Å². The van der Waals surface area contributed by atoms with Gasteiger partial charge in [-0.15, -0.1) is 0 Å². The Hall–Kier alpha value is -2.66. The highest BCUT2D eigenvalue weighted by molar-refractivity contribution is 6.31. The number of nitrogens with zero attached hydrogens (tertiary/aromatic N) is 2. The molecule has 3 aromatic rings. The number of anilines is 1. The second-order valence-corrected chi connectivity index (χ2v) is 5.26. The first-order chi connectivity index (χ1) is 10.6. The number of hydrogen-bond donors (Lipinski definition) is 1. The summed E-state index contributed by atoms with van der Waals surface area (Å²) in [6.45, 7) is 1.84. The van der Waals surface area contributed by atoms with Crippen molar-refractivity contribution < 1.29 is 4.79 Å². The normalized spacial score (nSPS) is 10.6. The number of halogens is 1. The summed E-state index contributed by atoms with van der Waals surface area (Å²) in [5.74, 6) is -0.513. The summed E-state index contributed by atoms with van der Waals surface area (Å²) in [6, 6.07) is 10.4. The zero-order chi connectivity index (χ0) is 15.7. The van der Waals surface area contributed by atoms with E-state index in [0.29, 0.717) is 16.4 Å². The number of amides is 1. The van der Waals surface area contributed by atoms with Crippen molar-refractivity contribution in [2.24, 2.45) is 0 Å². The number of nitrogens with one attached hydrogen (secondary N) is 1. The molecule has 0 fully saturated rings. The molecule has 3 rings (SSSR count). The van der Waals surface area contributed by atoms with Crippen molar-refractivity contribution in [3.8, 4) is 0 Å². The van der Waals surface area contributed by atoms with E-state index in [0.717, 1.165) is 5.56 Å². The Labute approximate surface area is 131 Å². The number of aryl methyl sites for hydroxylation is 1. The highest BCUT2D eigenvalue weighted by atomic mass is 35.5. The van der Waals surface area contributed by atoms with Gasteiger partial charge in [-0.25, -0.2) is 4.98 Å². The fraction of sp³-hybridized carbons (Fsp3) is 0.0625. The minimum Gasteiger partial charge on any atom is -0.321 e. The lowest BCUT2D eigenvalue weighted by molar-refractivity contribution is 0.102. The Kier molecular flexibility index (Phi) is 3.65. The maximum Gasteiger partial charge on any atom is 0.270 e. The van der Waals surface area contributed by atoms with Crippen molar-refractivity contribution >= 4 is 28.8 Å². The first-order valence-corrected chi connectivity index (χ1v) is 6.98. The van der Waals surface area contributed by atoms with E-state index in [9.17, 15) is 9.59 Å². The van der Waals surface area contributed by atoms with Crippen LogP contribution >= 0.6 is 11.6 Å². The van der Waals surface area contributed by atoms with Crippen LogP contribution in [0.4, 0.5) is 5.69 Å². The summed E-state index contributed by atoms with van der Waals surface area (Å²) in [7, 11) is 0. The quantitative estimate of drug-likeness (QED) is 0.791. The third-order valence-electron chi connectivity index (χ3n) is 3.31. The van der Waals surface area contributed by atoms with E-state index in [1.54, 1.807) is 42.6 Å². The summed E-state index contributed by atoms with van der Waals surface area (Å²) >= 11 is 5.93. The van der Waals surface area contributed by atoms with Crippen LogP contribution in [-0.4, -0.2) is 15.3 Å². The van der Waals surface area contributed by atoms with Crippen molar-refractivity contribution in [2.45, 2.75) is 6.92 Å². The van der Waals surface area contributed by atoms with Gasteiger partial charge in [0.05, 0.1) is 0 Å². The van der Waals surface area contributed by atoms with Crippen molar-refractivity contribution in [2.75, 3.05) is 5.32 Å². The molecule has 1 aromatic carbocycles. The number of rotatable bonds is 2. The third-order valence-corrected chi connectivity index (χ3v) is 3.54. The SMILES string of the molecule is Cc1ccc(Cl)cc1NC(=O)c1cnc2ccccn2c1=O. The van der Waals surface area contributed by atoms with Crippen molar-refractivity contribution in [1.82, 2.24) is 9.38 Å². The average molecular weight is 314 g/mol. The van der Waals surface area contributed by atoms with E-state index in [2.05, 4.69) is 10.3 Å². The van der Waals surface area contributed by atoms with Crippen LogP contribution < -0.4 is 10.9 Å². The van der Waals surface area contributed by atoms with Gasteiger partial charge >= 0.3 is 0 Å². The Morgan fingerprint density at radius 2 is 2.09 bits per heavy atom. The van der Waals surface area contributed by atoms with E-state index in [1.165, 1.54) is 10.6 Å². The summed E-state index contributed by atoms with van der Waals surface area (Å²) in [5.41, 5.74) is 1.47. The Balaban J connectivity index is 2.01. The Bertz CT molecular complexity index is 934. The summed E-state index contributed by atoms with van der Waals surface area (Å²) in [5, 5.41) is 3.20. The highest BCUT2D eigenvalue weighted by Crippen LogP contribution is 2.20. The van der Waals surface area contributed by atoms with Crippen LogP contribution in [0.1, 0.15) is 15.9 Å². The van der Waals surface area contributed by atoms with Crippen LogP contribution in [0.25, 0.3) is 5.65 Å².